The van der Waals surface area contributed by atoms with Gasteiger partial charge in [0.05, 0.1) is 19.0 Å². The predicted molar refractivity (Wildman–Crippen MR) is 134 cm³/mol. The van der Waals surface area contributed by atoms with Crippen LogP contribution in [0.25, 0.3) is 10.2 Å². The molecular weight excluding hydrogens is 416 g/mol. The Bertz CT molecular complexity index is 1220. The van der Waals surface area contributed by atoms with Crippen LogP contribution in [0.3, 0.4) is 0 Å². The average molecular weight is 447 g/mol. The lowest BCUT2D eigenvalue weighted by atomic mass is 10.1. The first-order valence-corrected chi connectivity index (χ1v) is 11.6. The van der Waals surface area contributed by atoms with Gasteiger partial charge in [0.1, 0.15) is 22.2 Å². The fourth-order valence-electron chi connectivity index (χ4n) is 3.76. The molecule has 0 saturated heterocycles. The number of thiophene rings is 1. The number of hydrogen-bond acceptors (Lipinski definition) is 6. The van der Waals surface area contributed by atoms with Crippen molar-refractivity contribution in [2.45, 2.75) is 40.4 Å². The molecule has 4 aromatic rings. The number of anilines is 1. The molecule has 0 radical (unpaired) electrons. The van der Waals surface area contributed by atoms with E-state index < -0.39 is 0 Å². The van der Waals surface area contributed by atoms with Gasteiger partial charge in [0.15, 0.2) is 0 Å². The van der Waals surface area contributed by atoms with E-state index in [1.54, 1.807) is 18.4 Å². The van der Waals surface area contributed by atoms with Crippen LogP contribution in [-0.2, 0) is 19.6 Å². The van der Waals surface area contributed by atoms with Crippen LogP contribution in [-0.4, -0.2) is 29.0 Å². The van der Waals surface area contributed by atoms with Gasteiger partial charge in [0, 0.05) is 18.0 Å². The maximum absolute atomic E-state index is 5.36. The predicted octanol–water partition coefficient (Wildman–Crippen LogP) is 5.87. The molecule has 2 heterocycles. The molecule has 2 aromatic carbocycles. The van der Waals surface area contributed by atoms with Gasteiger partial charge in [-0.25, -0.2) is 9.97 Å². The molecule has 0 bridgehead atoms. The Morgan fingerprint density at radius 2 is 1.75 bits per heavy atom. The minimum atomic E-state index is 0.677. The lowest BCUT2D eigenvalue weighted by Crippen LogP contribution is -2.19. The largest absolute Gasteiger partial charge is 0.497 e. The number of ether oxygens (including phenoxy) is 1. The Morgan fingerprint density at radius 1 is 0.969 bits per heavy atom. The van der Waals surface area contributed by atoms with E-state index in [0.717, 1.165) is 39.7 Å². The number of aryl methyl sites for hydroxylation is 3. The molecule has 0 spiro atoms. The highest BCUT2D eigenvalue weighted by Gasteiger charge is 2.16. The van der Waals surface area contributed by atoms with Crippen LogP contribution >= 0.6 is 11.3 Å². The monoisotopic (exact) mass is 446 g/mol. The third kappa shape index (κ3) is 5.09. The van der Waals surface area contributed by atoms with Crippen molar-refractivity contribution in [2.24, 2.45) is 0 Å². The van der Waals surface area contributed by atoms with E-state index in [1.807, 2.05) is 18.2 Å². The van der Waals surface area contributed by atoms with Crippen molar-refractivity contribution >= 4 is 27.4 Å². The molecule has 5 nitrogen and oxygen atoms in total. The number of hydrogen-bond donors (Lipinski definition) is 1. The summed E-state index contributed by atoms with van der Waals surface area (Å²) >= 11 is 1.74. The molecule has 4 rings (SSSR count). The molecule has 32 heavy (non-hydrogen) atoms. The minimum absolute atomic E-state index is 0.677. The SMILES string of the molecule is COc1cccc(CNc2nc(CN(C)Cc3ccc(C)cc3)nc3sc(C)c(C)c23)c1. The first-order chi connectivity index (χ1) is 15.4. The van der Waals surface area contributed by atoms with Crippen LogP contribution in [0.2, 0.25) is 0 Å². The lowest BCUT2D eigenvalue weighted by Gasteiger charge is -2.17. The summed E-state index contributed by atoms with van der Waals surface area (Å²) in [6, 6.07) is 16.8. The van der Waals surface area contributed by atoms with Gasteiger partial charge in [-0.05, 0) is 56.6 Å². The topological polar surface area (TPSA) is 50.3 Å². The highest BCUT2D eigenvalue weighted by atomic mass is 32.1. The first-order valence-electron chi connectivity index (χ1n) is 10.8. The molecule has 166 valence electrons. The van der Waals surface area contributed by atoms with E-state index in [2.05, 4.69) is 68.4 Å². The van der Waals surface area contributed by atoms with Gasteiger partial charge in [0.2, 0.25) is 0 Å². The number of fused-ring (bicyclic) bond motifs is 1. The van der Waals surface area contributed by atoms with Crippen LogP contribution < -0.4 is 10.1 Å². The van der Waals surface area contributed by atoms with E-state index in [1.165, 1.54) is 21.6 Å². The fraction of sp³-hybridized carbons (Fsp3) is 0.308. The van der Waals surface area contributed by atoms with Crippen molar-refractivity contribution in [3.8, 4) is 5.75 Å². The molecule has 0 fully saturated rings. The number of nitrogens with zero attached hydrogens (tertiary/aromatic N) is 3. The number of nitrogens with one attached hydrogen (secondary N) is 1. The van der Waals surface area contributed by atoms with Crippen LogP contribution in [0.15, 0.2) is 48.5 Å². The minimum Gasteiger partial charge on any atom is -0.497 e. The van der Waals surface area contributed by atoms with Gasteiger partial charge in [-0.15, -0.1) is 11.3 Å². The van der Waals surface area contributed by atoms with Crippen molar-refractivity contribution in [1.82, 2.24) is 14.9 Å². The van der Waals surface area contributed by atoms with Crippen LogP contribution in [0, 0.1) is 20.8 Å². The number of benzene rings is 2. The third-order valence-corrected chi connectivity index (χ3v) is 6.75. The van der Waals surface area contributed by atoms with Gasteiger partial charge in [0.25, 0.3) is 0 Å². The quantitative estimate of drug-likeness (QED) is 0.367. The number of methoxy groups -OCH3 is 1. The smallest absolute Gasteiger partial charge is 0.146 e. The maximum Gasteiger partial charge on any atom is 0.146 e. The van der Waals surface area contributed by atoms with Gasteiger partial charge in [-0.2, -0.15) is 0 Å². The Morgan fingerprint density at radius 3 is 2.50 bits per heavy atom. The zero-order chi connectivity index (χ0) is 22.7. The second-order valence-electron chi connectivity index (χ2n) is 8.31. The normalized spacial score (nSPS) is 11.3. The standard InChI is InChI=1S/C26H30N4OS/c1-17-9-11-20(12-10-17)15-30(4)16-23-28-25(24-18(2)19(3)32-26(24)29-23)27-14-21-7-6-8-22(13-21)31-5/h6-13H,14-16H2,1-5H3,(H,27,28,29). The molecule has 1 N–H and O–H groups in total. The van der Waals surface area contributed by atoms with Gasteiger partial charge >= 0.3 is 0 Å². The molecule has 0 unspecified atom stereocenters. The van der Waals surface area contributed by atoms with Gasteiger partial charge in [-0.1, -0.05) is 42.0 Å². The highest BCUT2D eigenvalue weighted by Crippen LogP contribution is 2.33. The molecule has 0 amide bonds. The lowest BCUT2D eigenvalue weighted by molar-refractivity contribution is 0.311. The zero-order valence-corrected chi connectivity index (χ0v) is 20.2. The molecule has 0 atom stereocenters. The van der Waals surface area contributed by atoms with Crippen molar-refractivity contribution in [3.63, 3.8) is 0 Å². The summed E-state index contributed by atoms with van der Waals surface area (Å²) in [7, 11) is 3.80. The van der Waals surface area contributed by atoms with Crippen molar-refractivity contribution in [1.29, 1.82) is 0 Å². The Hall–Kier alpha value is -2.96. The number of aromatic nitrogens is 2. The van der Waals surface area contributed by atoms with Crippen LogP contribution in [0.1, 0.15) is 33.0 Å². The molecular formula is C26H30N4OS. The highest BCUT2D eigenvalue weighted by molar-refractivity contribution is 7.18. The molecule has 0 saturated carbocycles. The molecule has 0 aliphatic rings. The Balaban J connectivity index is 1.57. The summed E-state index contributed by atoms with van der Waals surface area (Å²) < 4.78 is 5.36. The van der Waals surface area contributed by atoms with Gasteiger partial charge < -0.3 is 10.1 Å². The zero-order valence-electron chi connectivity index (χ0n) is 19.4. The fourth-order valence-corrected chi connectivity index (χ4v) is 4.81. The van der Waals surface area contributed by atoms with E-state index in [4.69, 9.17) is 14.7 Å². The Kier molecular flexibility index (Phi) is 6.72. The second kappa shape index (κ2) is 9.67. The maximum atomic E-state index is 5.36. The van der Waals surface area contributed by atoms with Crippen LogP contribution in [0.4, 0.5) is 5.82 Å². The van der Waals surface area contributed by atoms with E-state index >= 15 is 0 Å². The molecule has 0 aliphatic heterocycles. The first kappa shape index (κ1) is 22.2. The third-order valence-electron chi connectivity index (χ3n) is 5.65. The molecule has 2 aromatic heterocycles. The van der Waals surface area contributed by atoms with Crippen LogP contribution in [0.5, 0.6) is 5.75 Å². The van der Waals surface area contributed by atoms with Crippen molar-refractivity contribution in [3.05, 3.63) is 81.5 Å². The summed E-state index contributed by atoms with van der Waals surface area (Å²) in [6.07, 6.45) is 0. The van der Waals surface area contributed by atoms with E-state index in [0.29, 0.717) is 13.1 Å². The van der Waals surface area contributed by atoms with E-state index in [9.17, 15) is 0 Å². The molecule has 0 aliphatic carbocycles. The van der Waals surface area contributed by atoms with Crippen molar-refractivity contribution < 1.29 is 4.74 Å². The summed E-state index contributed by atoms with van der Waals surface area (Å²) in [4.78, 5) is 14.4. The summed E-state index contributed by atoms with van der Waals surface area (Å²) in [5, 5.41) is 4.69. The second-order valence-corrected chi connectivity index (χ2v) is 9.52. The van der Waals surface area contributed by atoms with E-state index in [-0.39, 0.29) is 0 Å². The summed E-state index contributed by atoms with van der Waals surface area (Å²) in [6.45, 7) is 8.64. The average Bonchev–Trinajstić information content (AvgIpc) is 3.07. The molecule has 6 heteroatoms. The summed E-state index contributed by atoms with van der Waals surface area (Å²) in [5.74, 6) is 2.60. The van der Waals surface area contributed by atoms with Gasteiger partial charge in [-0.3, -0.25) is 4.90 Å². The Labute approximate surface area is 194 Å². The number of rotatable bonds is 8. The summed E-state index contributed by atoms with van der Waals surface area (Å²) in [5.41, 5.74) is 4.97. The van der Waals surface area contributed by atoms with Crippen molar-refractivity contribution in [2.75, 3.05) is 19.5 Å².